The van der Waals surface area contributed by atoms with E-state index in [4.69, 9.17) is 11.6 Å². The van der Waals surface area contributed by atoms with Crippen LogP contribution in [-0.2, 0) is 6.54 Å². The van der Waals surface area contributed by atoms with E-state index >= 15 is 0 Å². The van der Waals surface area contributed by atoms with Gasteiger partial charge in [0, 0.05) is 29.7 Å². The summed E-state index contributed by atoms with van der Waals surface area (Å²) in [7, 11) is 0. The van der Waals surface area contributed by atoms with Crippen LogP contribution in [0.5, 0.6) is 0 Å². The largest absolute Gasteiger partial charge is 0.311 e. The van der Waals surface area contributed by atoms with Gasteiger partial charge in [-0.2, -0.15) is 0 Å². The summed E-state index contributed by atoms with van der Waals surface area (Å²) in [6.45, 7) is 6.55. The van der Waals surface area contributed by atoms with Crippen LogP contribution in [0.25, 0.3) is 0 Å². The maximum atomic E-state index is 6.44. The Kier molecular flexibility index (Phi) is 4.88. The predicted molar refractivity (Wildman–Crippen MR) is 89.9 cm³/mol. The van der Waals surface area contributed by atoms with Crippen LogP contribution in [0.4, 0.5) is 0 Å². The molecule has 0 spiro atoms. The Morgan fingerprint density at radius 1 is 1.24 bits per heavy atom. The molecule has 1 N–H and O–H groups in total. The molecule has 2 fully saturated rings. The first-order valence-electron chi connectivity index (χ1n) is 8.41. The SMILES string of the molecule is CCCN(Cc1ccc(C)cc1Cl)C1CC2CCC(C1)N2. The van der Waals surface area contributed by atoms with Gasteiger partial charge < -0.3 is 5.32 Å². The molecule has 2 bridgehead atoms. The highest BCUT2D eigenvalue weighted by atomic mass is 35.5. The maximum Gasteiger partial charge on any atom is 0.0453 e. The Morgan fingerprint density at radius 3 is 2.57 bits per heavy atom. The van der Waals surface area contributed by atoms with Crippen molar-refractivity contribution in [3.8, 4) is 0 Å². The zero-order chi connectivity index (χ0) is 14.8. The second-order valence-electron chi connectivity index (χ2n) is 6.83. The van der Waals surface area contributed by atoms with Crippen LogP contribution in [0, 0.1) is 6.92 Å². The van der Waals surface area contributed by atoms with Crippen molar-refractivity contribution < 1.29 is 0 Å². The number of benzene rings is 1. The van der Waals surface area contributed by atoms with Gasteiger partial charge >= 0.3 is 0 Å². The molecule has 2 aliphatic rings. The Labute approximate surface area is 133 Å². The Bertz CT molecular complexity index is 476. The van der Waals surface area contributed by atoms with Gasteiger partial charge in [0.2, 0.25) is 0 Å². The van der Waals surface area contributed by atoms with Crippen molar-refractivity contribution in [2.75, 3.05) is 6.54 Å². The second-order valence-corrected chi connectivity index (χ2v) is 7.24. The fourth-order valence-corrected chi connectivity index (χ4v) is 4.30. The van der Waals surface area contributed by atoms with Crippen molar-refractivity contribution in [3.63, 3.8) is 0 Å². The standard InChI is InChI=1S/C18H27ClN2/c1-3-8-21(12-14-5-4-13(2)9-18(14)19)17-10-15-6-7-16(11-17)20-15/h4-5,9,15-17,20H,3,6-8,10-12H2,1-2H3. The van der Waals surface area contributed by atoms with Gasteiger partial charge in [-0.1, -0.05) is 30.7 Å². The van der Waals surface area contributed by atoms with Crippen LogP contribution >= 0.6 is 11.6 Å². The summed E-state index contributed by atoms with van der Waals surface area (Å²) in [5.41, 5.74) is 2.52. The van der Waals surface area contributed by atoms with Crippen LogP contribution in [0.15, 0.2) is 18.2 Å². The minimum atomic E-state index is 0.723. The first kappa shape index (κ1) is 15.3. The van der Waals surface area contributed by atoms with E-state index in [0.717, 1.165) is 29.7 Å². The fraction of sp³-hybridized carbons (Fsp3) is 0.667. The molecule has 2 unspecified atom stereocenters. The van der Waals surface area contributed by atoms with Crippen molar-refractivity contribution in [3.05, 3.63) is 34.3 Å². The summed E-state index contributed by atoms with van der Waals surface area (Å²) >= 11 is 6.44. The van der Waals surface area contributed by atoms with E-state index in [1.165, 1.54) is 49.8 Å². The first-order valence-corrected chi connectivity index (χ1v) is 8.78. The van der Waals surface area contributed by atoms with Crippen LogP contribution < -0.4 is 5.32 Å². The highest BCUT2D eigenvalue weighted by Crippen LogP contribution is 2.31. The molecular weight excluding hydrogens is 280 g/mol. The number of aryl methyl sites for hydroxylation is 1. The van der Waals surface area contributed by atoms with Gasteiger partial charge in [-0.05, 0) is 62.8 Å². The number of halogens is 1. The van der Waals surface area contributed by atoms with Crippen LogP contribution in [0.2, 0.25) is 5.02 Å². The molecular formula is C18H27ClN2. The molecule has 0 saturated carbocycles. The zero-order valence-corrected chi connectivity index (χ0v) is 14.0. The molecule has 0 aliphatic carbocycles. The summed E-state index contributed by atoms with van der Waals surface area (Å²) in [6, 6.07) is 8.70. The highest BCUT2D eigenvalue weighted by Gasteiger charge is 2.35. The summed E-state index contributed by atoms with van der Waals surface area (Å²) in [5, 5.41) is 4.67. The fourth-order valence-electron chi connectivity index (χ4n) is 4.00. The van der Waals surface area contributed by atoms with Gasteiger partial charge in [0.1, 0.15) is 0 Å². The molecule has 2 atom stereocenters. The molecule has 21 heavy (non-hydrogen) atoms. The number of piperidine rings is 1. The Morgan fingerprint density at radius 2 is 1.95 bits per heavy atom. The molecule has 0 radical (unpaired) electrons. The third kappa shape index (κ3) is 3.61. The molecule has 0 amide bonds. The van der Waals surface area contributed by atoms with E-state index < -0.39 is 0 Å². The van der Waals surface area contributed by atoms with Crippen LogP contribution in [-0.4, -0.2) is 29.6 Å². The number of nitrogens with zero attached hydrogens (tertiary/aromatic N) is 1. The minimum absolute atomic E-state index is 0.723. The molecule has 3 heteroatoms. The van der Waals surface area contributed by atoms with E-state index in [9.17, 15) is 0 Å². The quantitative estimate of drug-likeness (QED) is 0.879. The lowest BCUT2D eigenvalue weighted by Crippen LogP contribution is -2.48. The van der Waals surface area contributed by atoms with Gasteiger partial charge in [0.25, 0.3) is 0 Å². The number of hydrogen-bond acceptors (Lipinski definition) is 2. The van der Waals surface area contributed by atoms with E-state index in [1.807, 2.05) is 0 Å². The lowest BCUT2D eigenvalue weighted by Gasteiger charge is -2.38. The van der Waals surface area contributed by atoms with Crippen molar-refractivity contribution in [1.82, 2.24) is 10.2 Å². The average molecular weight is 307 g/mol. The molecule has 2 aliphatic heterocycles. The minimum Gasteiger partial charge on any atom is -0.311 e. The third-order valence-corrected chi connectivity index (χ3v) is 5.41. The predicted octanol–water partition coefficient (Wildman–Crippen LogP) is 4.14. The molecule has 2 heterocycles. The van der Waals surface area contributed by atoms with E-state index in [2.05, 4.69) is 42.3 Å². The molecule has 2 saturated heterocycles. The first-order chi connectivity index (χ1) is 10.2. The van der Waals surface area contributed by atoms with E-state index in [0.29, 0.717) is 0 Å². The van der Waals surface area contributed by atoms with Crippen molar-refractivity contribution in [2.24, 2.45) is 0 Å². The summed E-state index contributed by atoms with van der Waals surface area (Å²) in [5.74, 6) is 0. The number of nitrogens with one attached hydrogen (secondary N) is 1. The zero-order valence-electron chi connectivity index (χ0n) is 13.2. The lowest BCUT2D eigenvalue weighted by molar-refractivity contribution is 0.134. The van der Waals surface area contributed by atoms with Crippen molar-refractivity contribution in [2.45, 2.75) is 70.6 Å². The van der Waals surface area contributed by atoms with E-state index in [1.54, 1.807) is 0 Å². The van der Waals surface area contributed by atoms with Crippen LogP contribution in [0.1, 0.15) is 50.2 Å². The smallest absolute Gasteiger partial charge is 0.0453 e. The van der Waals surface area contributed by atoms with Crippen LogP contribution in [0.3, 0.4) is 0 Å². The maximum absolute atomic E-state index is 6.44. The number of hydrogen-bond donors (Lipinski definition) is 1. The normalized spacial score (nSPS) is 28.3. The molecule has 2 nitrogen and oxygen atoms in total. The number of rotatable bonds is 5. The molecule has 3 rings (SSSR count). The van der Waals surface area contributed by atoms with E-state index in [-0.39, 0.29) is 0 Å². The molecule has 1 aromatic carbocycles. The third-order valence-electron chi connectivity index (χ3n) is 5.06. The lowest BCUT2D eigenvalue weighted by atomic mass is 9.97. The Balaban J connectivity index is 1.72. The summed E-state index contributed by atoms with van der Waals surface area (Å²) < 4.78 is 0. The summed E-state index contributed by atoms with van der Waals surface area (Å²) in [4.78, 5) is 2.67. The van der Waals surface area contributed by atoms with Crippen molar-refractivity contribution >= 4 is 11.6 Å². The monoisotopic (exact) mass is 306 g/mol. The average Bonchev–Trinajstić information content (AvgIpc) is 2.79. The molecule has 116 valence electrons. The van der Waals surface area contributed by atoms with Gasteiger partial charge in [-0.15, -0.1) is 0 Å². The van der Waals surface area contributed by atoms with Gasteiger partial charge in [-0.25, -0.2) is 0 Å². The molecule has 1 aromatic rings. The molecule has 0 aromatic heterocycles. The van der Waals surface area contributed by atoms with Crippen molar-refractivity contribution in [1.29, 1.82) is 0 Å². The second kappa shape index (κ2) is 6.68. The topological polar surface area (TPSA) is 15.3 Å². The van der Waals surface area contributed by atoms with Gasteiger partial charge in [-0.3, -0.25) is 4.90 Å². The highest BCUT2D eigenvalue weighted by molar-refractivity contribution is 6.31. The number of fused-ring (bicyclic) bond motifs is 2. The van der Waals surface area contributed by atoms with Gasteiger partial charge in [0.05, 0.1) is 0 Å². The summed E-state index contributed by atoms with van der Waals surface area (Å²) in [6.07, 6.45) is 6.56. The Hall–Kier alpha value is -0.570. The van der Waals surface area contributed by atoms with Gasteiger partial charge in [0.15, 0.2) is 0 Å².